The van der Waals surface area contributed by atoms with Gasteiger partial charge in [0.15, 0.2) is 5.13 Å². The molecule has 2 aromatic rings. The minimum Gasteiger partial charge on any atom is -0.332 e. The number of rotatable bonds is 2. The highest BCUT2D eigenvalue weighted by Gasteiger charge is 2.58. The quantitative estimate of drug-likeness (QED) is 0.427. The van der Waals surface area contributed by atoms with E-state index < -0.39 is 0 Å². The van der Waals surface area contributed by atoms with Crippen LogP contribution in [0.3, 0.4) is 0 Å². The molecule has 1 aromatic carbocycles. The van der Waals surface area contributed by atoms with Gasteiger partial charge in [-0.15, -0.1) is 0 Å². The summed E-state index contributed by atoms with van der Waals surface area (Å²) in [4.78, 5) is 6.43. The number of hydrogen-bond donors (Lipinski definition) is 2. The summed E-state index contributed by atoms with van der Waals surface area (Å²) >= 11 is 1.85. The first-order valence-electron chi connectivity index (χ1n) is 11.8. The molecular weight excluding hydrogens is 400 g/mol. The summed E-state index contributed by atoms with van der Waals surface area (Å²) in [6.45, 7) is 5.00. The zero-order chi connectivity index (χ0) is 21.2. The lowest BCUT2D eigenvalue weighted by molar-refractivity contribution is 0.0117. The van der Waals surface area contributed by atoms with Crippen molar-refractivity contribution >= 4 is 33.4 Å². The number of anilines is 2. The number of aromatic nitrogens is 1. The maximum atomic E-state index is 5.80. The van der Waals surface area contributed by atoms with Gasteiger partial charge in [0.2, 0.25) is 0 Å². The number of hydrazone groups is 1. The Labute approximate surface area is 189 Å². The predicted molar refractivity (Wildman–Crippen MR) is 130 cm³/mol. The Morgan fingerprint density at radius 1 is 1.06 bits per heavy atom. The van der Waals surface area contributed by atoms with Crippen LogP contribution in [0.15, 0.2) is 41.5 Å². The molecule has 162 valence electrons. The number of para-hydroxylation sites is 1. The lowest BCUT2D eigenvalue weighted by Crippen LogP contribution is -2.49. The fourth-order valence-corrected chi connectivity index (χ4v) is 8.79. The molecule has 4 nitrogen and oxygen atoms in total. The number of nitrogens with zero attached hydrogens (tertiary/aromatic N) is 2. The SMILES string of the molecule is C[C@]12CCc3nc(Nc4ccccc4)sc3C1=CC[C@@H]1[C@@H]2CC[C@]2(C)/C(=N/N)CC[C@@H]12. The molecule has 1 aromatic heterocycles. The standard InChI is InChI=1S/C26H32N4S/c1-25-15-13-21-23(31-24(29-21)28-16-6-4-3-5-7-16)20(25)9-8-17-18-10-11-22(30-27)26(18,2)14-12-19(17)25/h3-7,9,17-19H,8,10-15,27H2,1-2H3,(H,28,29)/b30-22+/t17-,18-,19-,25+,26-/m0/s1. The summed E-state index contributed by atoms with van der Waals surface area (Å²) in [7, 11) is 0. The van der Waals surface area contributed by atoms with Crippen molar-refractivity contribution in [1.29, 1.82) is 0 Å². The van der Waals surface area contributed by atoms with E-state index in [2.05, 4.69) is 60.7 Å². The van der Waals surface area contributed by atoms with E-state index in [1.807, 2.05) is 11.3 Å². The topological polar surface area (TPSA) is 63.3 Å². The Hall–Kier alpha value is -2.14. The van der Waals surface area contributed by atoms with Gasteiger partial charge in [-0.05, 0) is 85.8 Å². The smallest absolute Gasteiger partial charge is 0.187 e. The summed E-state index contributed by atoms with van der Waals surface area (Å²) < 4.78 is 0. The molecule has 0 saturated heterocycles. The minimum absolute atomic E-state index is 0.231. The Bertz CT molecular complexity index is 1070. The van der Waals surface area contributed by atoms with Crippen LogP contribution >= 0.6 is 11.3 Å². The van der Waals surface area contributed by atoms with Crippen LogP contribution in [0.1, 0.15) is 62.9 Å². The van der Waals surface area contributed by atoms with Gasteiger partial charge in [-0.3, -0.25) is 0 Å². The third-order valence-corrected chi connectivity index (χ3v) is 10.3. The van der Waals surface area contributed by atoms with E-state index in [9.17, 15) is 0 Å². The van der Waals surface area contributed by atoms with Gasteiger partial charge in [0.05, 0.1) is 10.6 Å². The number of aryl methyl sites for hydroxylation is 1. The molecule has 4 aliphatic carbocycles. The lowest BCUT2D eigenvalue weighted by Gasteiger charge is -2.56. The van der Waals surface area contributed by atoms with Gasteiger partial charge in [-0.1, -0.05) is 49.5 Å². The molecule has 0 radical (unpaired) electrons. The minimum atomic E-state index is 0.231. The second kappa shape index (κ2) is 6.93. The van der Waals surface area contributed by atoms with Crippen molar-refractivity contribution in [2.24, 2.45) is 39.5 Å². The molecule has 31 heavy (non-hydrogen) atoms. The molecule has 2 fully saturated rings. The van der Waals surface area contributed by atoms with Crippen LogP contribution in [0, 0.1) is 28.6 Å². The fraction of sp³-hybridized carbons (Fsp3) is 0.538. The van der Waals surface area contributed by atoms with Gasteiger partial charge < -0.3 is 11.2 Å². The van der Waals surface area contributed by atoms with Crippen molar-refractivity contribution in [3.63, 3.8) is 0 Å². The highest BCUT2D eigenvalue weighted by Crippen LogP contribution is 2.65. The molecule has 4 aliphatic rings. The van der Waals surface area contributed by atoms with Crippen molar-refractivity contribution in [3.05, 3.63) is 47.0 Å². The normalized spacial score (nSPS) is 37.4. The van der Waals surface area contributed by atoms with Gasteiger partial charge in [0, 0.05) is 16.8 Å². The molecule has 3 N–H and O–H groups in total. The van der Waals surface area contributed by atoms with Gasteiger partial charge in [0.1, 0.15) is 0 Å². The molecule has 5 atom stereocenters. The summed E-state index contributed by atoms with van der Waals surface area (Å²) in [5.41, 5.74) is 5.78. The molecule has 1 heterocycles. The Morgan fingerprint density at radius 3 is 2.68 bits per heavy atom. The first kappa shape index (κ1) is 19.5. The fourth-order valence-electron chi connectivity index (χ4n) is 7.58. The van der Waals surface area contributed by atoms with Gasteiger partial charge >= 0.3 is 0 Å². The van der Waals surface area contributed by atoms with E-state index in [-0.39, 0.29) is 10.8 Å². The molecule has 0 amide bonds. The van der Waals surface area contributed by atoms with E-state index in [1.165, 1.54) is 48.4 Å². The van der Waals surface area contributed by atoms with Crippen LogP contribution in [-0.2, 0) is 6.42 Å². The van der Waals surface area contributed by atoms with Gasteiger partial charge in [-0.25, -0.2) is 4.98 Å². The van der Waals surface area contributed by atoms with Crippen molar-refractivity contribution in [3.8, 4) is 0 Å². The second-order valence-corrected chi connectivity index (χ2v) is 11.5. The van der Waals surface area contributed by atoms with Crippen LogP contribution in [-0.4, -0.2) is 10.7 Å². The summed E-state index contributed by atoms with van der Waals surface area (Å²) in [5, 5.41) is 8.79. The second-order valence-electron chi connectivity index (χ2n) is 10.5. The number of nitrogens with two attached hydrogens (primary N) is 1. The van der Waals surface area contributed by atoms with Crippen LogP contribution < -0.4 is 11.2 Å². The monoisotopic (exact) mass is 432 g/mol. The van der Waals surface area contributed by atoms with E-state index in [4.69, 9.17) is 10.8 Å². The number of hydrogen-bond acceptors (Lipinski definition) is 5. The molecule has 0 unspecified atom stereocenters. The predicted octanol–water partition coefficient (Wildman–Crippen LogP) is 6.38. The highest BCUT2D eigenvalue weighted by molar-refractivity contribution is 7.16. The third kappa shape index (κ3) is 2.78. The summed E-state index contributed by atoms with van der Waals surface area (Å²) in [6, 6.07) is 10.4. The zero-order valence-electron chi connectivity index (χ0n) is 18.5. The number of fused-ring (bicyclic) bond motifs is 7. The van der Waals surface area contributed by atoms with Crippen LogP contribution in [0.4, 0.5) is 10.8 Å². The van der Waals surface area contributed by atoms with Crippen LogP contribution in [0.2, 0.25) is 0 Å². The largest absolute Gasteiger partial charge is 0.332 e. The van der Waals surface area contributed by atoms with Gasteiger partial charge in [-0.2, -0.15) is 5.10 Å². The van der Waals surface area contributed by atoms with Gasteiger partial charge in [0.25, 0.3) is 0 Å². The van der Waals surface area contributed by atoms with Crippen LogP contribution in [0.25, 0.3) is 5.57 Å². The average molecular weight is 433 g/mol. The first-order valence-corrected chi connectivity index (χ1v) is 12.6. The maximum absolute atomic E-state index is 5.80. The molecular formula is C26H32N4S. The number of nitrogens with one attached hydrogen (secondary N) is 1. The average Bonchev–Trinajstić information content (AvgIpc) is 3.33. The Balaban J connectivity index is 1.34. The van der Waals surface area contributed by atoms with Crippen molar-refractivity contribution in [2.45, 2.75) is 58.8 Å². The number of thiazole rings is 1. The number of benzene rings is 1. The van der Waals surface area contributed by atoms with E-state index in [0.29, 0.717) is 0 Å². The van der Waals surface area contributed by atoms with Crippen molar-refractivity contribution in [1.82, 2.24) is 4.98 Å². The number of allylic oxidation sites excluding steroid dienone is 2. The molecule has 6 rings (SSSR count). The third-order valence-electron chi connectivity index (χ3n) is 9.21. The lowest BCUT2D eigenvalue weighted by atomic mass is 9.48. The van der Waals surface area contributed by atoms with E-state index >= 15 is 0 Å². The molecule has 0 spiro atoms. The molecule has 0 bridgehead atoms. The Morgan fingerprint density at radius 2 is 1.87 bits per heavy atom. The zero-order valence-corrected chi connectivity index (χ0v) is 19.3. The van der Waals surface area contributed by atoms with E-state index in [1.54, 1.807) is 5.57 Å². The summed E-state index contributed by atoms with van der Waals surface area (Å²) in [5.74, 6) is 8.07. The van der Waals surface area contributed by atoms with E-state index in [0.717, 1.165) is 41.4 Å². The molecule has 5 heteroatoms. The van der Waals surface area contributed by atoms with Crippen molar-refractivity contribution < 1.29 is 0 Å². The Kier molecular flexibility index (Phi) is 4.37. The first-order chi connectivity index (χ1) is 15.0. The highest BCUT2D eigenvalue weighted by atomic mass is 32.1. The molecule has 2 saturated carbocycles. The van der Waals surface area contributed by atoms with Crippen LogP contribution in [0.5, 0.6) is 0 Å². The summed E-state index contributed by atoms with van der Waals surface area (Å²) in [6.07, 6.45) is 11.0. The van der Waals surface area contributed by atoms with Crippen molar-refractivity contribution in [2.75, 3.05) is 5.32 Å². The maximum Gasteiger partial charge on any atom is 0.187 e. The molecule has 0 aliphatic heterocycles.